The molecule has 4 heterocycles. The van der Waals surface area contributed by atoms with E-state index in [0.29, 0.717) is 36.6 Å². The van der Waals surface area contributed by atoms with Gasteiger partial charge < -0.3 is 5.32 Å². The van der Waals surface area contributed by atoms with Crippen molar-refractivity contribution in [2.45, 2.75) is 12.5 Å². The number of nitrogens with zero attached hydrogens (tertiary/aromatic N) is 7. The Kier molecular flexibility index (Phi) is 4.14. The van der Waals surface area contributed by atoms with Crippen LogP contribution in [0.1, 0.15) is 6.42 Å². The molecule has 0 bridgehead atoms. The zero-order chi connectivity index (χ0) is 20.0. The molecule has 1 unspecified atom stereocenters. The molecule has 0 aliphatic carbocycles. The number of sulfonamides is 1. The number of hydrogen-bond donors (Lipinski definition) is 1. The first kappa shape index (κ1) is 17.9. The van der Waals surface area contributed by atoms with E-state index in [1.807, 2.05) is 30.3 Å². The number of aromatic nitrogens is 6. The van der Waals surface area contributed by atoms with Crippen molar-refractivity contribution in [3.8, 4) is 5.69 Å². The van der Waals surface area contributed by atoms with Gasteiger partial charge in [-0.1, -0.05) is 11.3 Å². The van der Waals surface area contributed by atoms with Crippen molar-refractivity contribution < 1.29 is 8.42 Å². The smallest absolute Gasteiger partial charge is 0.225 e. The normalized spacial score (nSPS) is 17.9. The number of fused-ring (bicyclic) bond motifs is 2. The second-order valence-electron chi connectivity index (χ2n) is 7.04. The van der Waals surface area contributed by atoms with Crippen molar-refractivity contribution in [2.24, 2.45) is 0 Å². The van der Waals surface area contributed by atoms with Crippen LogP contribution in [0.25, 0.3) is 27.8 Å². The fourth-order valence-corrected chi connectivity index (χ4v) is 4.38. The molecule has 1 N–H and O–H groups in total. The summed E-state index contributed by atoms with van der Waals surface area (Å²) in [5, 5.41) is 12.6. The van der Waals surface area contributed by atoms with Crippen LogP contribution in [0.5, 0.6) is 0 Å². The molecule has 1 fully saturated rings. The summed E-state index contributed by atoms with van der Waals surface area (Å²) in [6, 6.07) is 9.65. The van der Waals surface area contributed by atoms with Gasteiger partial charge in [-0.15, -0.1) is 5.10 Å². The minimum Gasteiger partial charge on any atom is -0.350 e. The molecular formula is C18H18N8O2S. The highest BCUT2D eigenvalue weighted by molar-refractivity contribution is 7.88. The van der Waals surface area contributed by atoms with Crippen molar-refractivity contribution in [3.05, 3.63) is 42.7 Å². The predicted molar refractivity (Wildman–Crippen MR) is 108 cm³/mol. The van der Waals surface area contributed by atoms with E-state index in [1.165, 1.54) is 10.6 Å². The SMILES string of the molecule is CS(=O)(=O)N1CCC(Nc2ncc3nnn(-c4ccc5ncccc5c4)c3n2)C1. The lowest BCUT2D eigenvalue weighted by Gasteiger charge is -2.14. The summed E-state index contributed by atoms with van der Waals surface area (Å²) in [4.78, 5) is 13.2. The number of rotatable bonds is 4. The number of hydrogen-bond acceptors (Lipinski definition) is 8. The van der Waals surface area contributed by atoms with Crippen molar-refractivity contribution in [1.29, 1.82) is 0 Å². The van der Waals surface area contributed by atoms with Gasteiger partial charge in [0.25, 0.3) is 0 Å². The fraction of sp³-hybridized carbons (Fsp3) is 0.278. The van der Waals surface area contributed by atoms with Crippen LogP contribution < -0.4 is 5.32 Å². The van der Waals surface area contributed by atoms with Crippen molar-refractivity contribution in [3.63, 3.8) is 0 Å². The highest BCUT2D eigenvalue weighted by Crippen LogP contribution is 2.21. The van der Waals surface area contributed by atoms with Crippen LogP contribution >= 0.6 is 0 Å². The molecule has 5 rings (SSSR count). The lowest BCUT2D eigenvalue weighted by Crippen LogP contribution is -2.31. The molecule has 11 heteroatoms. The molecule has 1 saturated heterocycles. The summed E-state index contributed by atoms with van der Waals surface area (Å²) < 4.78 is 26.5. The molecule has 3 aromatic heterocycles. The van der Waals surface area contributed by atoms with Gasteiger partial charge in [0, 0.05) is 30.7 Å². The van der Waals surface area contributed by atoms with E-state index < -0.39 is 10.0 Å². The van der Waals surface area contributed by atoms with Gasteiger partial charge in [-0.05, 0) is 30.7 Å². The van der Waals surface area contributed by atoms with Crippen LogP contribution in [-0.2, 0) is 10.0 Å². The van der Waals surface area contributed by atoms with E-state index >= 15 is 0 Å². The highest BCUT2D eigenvalue weighted by Gasteiger charge is 2.29. The highest BCUT2D eigenvalue weighted by atomic mass is 32.2. The van der Waals surface area contributed by atoms with Gasteiger partial charge in [0.05, 0.1) is 23.7 Å². The van der Waals surface area contributed by atoms with Gasteiger partial charge in [-0.2, -0.15) is 9.67 Å². The molecule has 1 atom stereocenters. The van der Waals surface area contributed by atoms with E-state index in [2.05, 4.69) is 30.6 Å². The van der Waals surface area contributed by atoms with Crippen molar-refractivity contribution in [2.75, 3.05) is 24.7 Å². The summed E-state index contributed by atoms with van der Waals surface area (Å²) in [6.07, 6.45) is 5.29. The van der Waals surface area contributed by atoms with Crippen molar-refractivity contribution >= 4 is 38.0 Å². The third-order valence-electron chi connectivity index (χ3n) is 4.98. The van der Waals surface area contributed by atoms with Crippen LogP contribution in [0.15, 0.2) is 42.7 Å². The molecular weight excluding hydrogens is 392 g/mol. The average molecular weight is 410 g/mol. The van der Waals surface area contributed by atoms with Gasteiger partial charge in [0.2, 0.25) is 16.0 Å². The van der Waals surface area contributed by atoms with Gasteiger partial charge >= 0.3 is 0 Å². The van der Waals surface area contributed by atoms with Gasteiger partial charge in [0.1, 0.15) is 0 Å². The Hall–Kier alpha value is -3.18. The number of pyridine rings is 1. The Labute approximate surface area is 166 Å². The second-order valence-corrected chi connectivity index (χ2v) is 9.02. The number of anilines is 1. The maximum absolute atomic E-state index is 11.7. The van der Waals surface area contributed by atoms with E-state index in [4.69, 9.17) is 0 Å². The maximum atomic E-state index is 11.7. The molecule has 1 aromatic carbocycles. The van der Waals surface area contributed by atoms with E-state index in [-0.39, 0.29) is 6.04 Å². The lowest BCUT2D eigenvalue weighted by atomic mass is 10.2. The molecule has 148 valence electrons. The molecule has 0 spiro atoms. The molecule has 1 aliphatic rings. The summed E-state index contributed by atoms with van der Waals surface area (Å²) in [5.74, 6) is 0.420. The van der Waals surface area contributed by atoms with Crippen molar-refractivity contribution in [1.82, 2.24) is 34.3 Å². The number of benzene rings is 1. The largest absolute Gasteiger partial charge is 0.350 e. The van der Waals surface area contributed by atoms with Crippen LogP contribution in [0.3, 0.4) is 0 Å². The Bertz CT molecular complexity index is 1320. The molecule has 0 saturated carbocycles. The molecule has 1 aliphatic heterocycles. The minimum atomic E-state index is -3.19. The quantitative estimate of drug-likeness (QED) is 0.533. The fourth-order valence-electron chi connectivity index (χ4n) is 3.50. The van der Waals surface area contributed by atoms with Crippen LogP contribution in [0.2, 0.25) is 0 Å². The van der Waals surface area contributed by atoms with Gasteiger partial charge in [0.15, 0.2) is 11.2 Å². The third kappa shape index (κ3) is 3.38. The summed E-state index contributed by atoms with van der Waals surface area (Å²) in [6.45, 7) is 0.888. The summed E-state index contributed by atoms with van der Waals surface area (Å²) >= 11 is 0. The number of nitrogens with one attached hydrogen (secondary N) is 1. The first-order valence-corrected chi connectivity index (χ1v) is 11.0. The standard InChI is InChI=1S/C18H18N8O2S/c1-29(27,28)25-8-6-13(11-25)21-18-20-10-16-17(22-18)26(24-23-16)14-4-5-15-12(9-14)3-2-7-19-15/h2-5,7,9-10,13H,6,8,11H2,1H3,(H,20,21,22). The Morgan fingerprint density at radius 3 is 2.90 bits per heavy atom. The van der Waals surface area contributed by atoms with E-state index in [9.17, 15) is 8.42 Å². The Morgan fingerprint density at radius 1 is 1.17 bits per heavy atom. The zero-order valence-corrected chi connectivity index (χ0v) is 16.4. The predicted octanol–water partition coefficient (Wildman–Crippen LogP) is 1.20. The molecule has 10 nitrogen and oxygen atoms in total. The molecule has 0 radical (unpaired) electrons. The van der Waals surface area contributed by atoms with E-state index in [0.717, 1.165) is 16.6 Å². The Balaban J connectivity index is 1.46. The summed E-state index contributed by atoms with van der Waals surface area (Å²) in [7, 11) is -3.19. The van der Waals surface area contributed by atoms with Gasteiger partial charge in [-0.25, -0.2) is 17.7 Å². The first-order valence-electron chi connectivity index (χ1n) is 9.13. The average Bonchev–Trinajstić information content (AvgIpc) is 3.34. The first-order chi connectivity index (χ1) is 14.0. The zero-order valence-electron chi connectivity index (χ0n) is 15.6. The van der Waals surface area contributed by atoms with Gasteiger partial charge in [-0.3, -0.25) is 4.98 Å². The van der Waals surface area contributed by atoms with Crippen LogP contribution in [-0.4, -0.2) is 68.1 Å². The van der Waals surface area contributed by atoms with E-state index in [1.54, 1.807) is 17.1 Å². The topological polar surface area (TPSA) is 119 Å². The minimum absolute atomic E-state index is 0.0433. The monoisotopic (exact) mass is 410 g/mol. The second kappa shape index (κ2) is 6.71. The van der Waals surface area contributed by atoms with Crippen LogP contribution in [0, 0.1) is 0 Å². The third-order valence-corrected chi connectivity index (χ3v) is 6.25. The maximum Gasteiger partial charge on any atom is 0.225 e. The molecule has 29 heavy (non-hydrogen) atoms. The Morgan fingerprint density at radius 2 is 2.07 bits per heavy atom. The lowest BCUT2D eigenvalue weighted by molar-refractivity contribution is 0.480. The molecule has 4 aromatic rings. The summed E-state index contributed by atoms with van der Waals surface area (Å²) in [5.41, 5.74) is 2.87. The molecule has 0 amide bonds. The van der Waals surface area contributed by atoms with Crippen LogP contribution in [0.4, 0.5) is 5.95 Å².